The smallest absolute Gasteiger partial charge is 0.263 e. The van der Waals surface area contributed by atoms with E-state index in [2.05, 4.69) is 10.3 Å². The number of fused-ring (bicyclic) bond motifs is 1. The minimum absolute atomic E-state index is 0.283. The molecule has 2 aromatic carbocycles. The third-order valence-electron chi connectivity index (χ3n) is 4.41. The molecule has 2 aliphatic rings. The second-order valence-electron chi connectivity index (χ2n) is 6.17. The molecule has 0 radical (unpaired) electrons. The van der Waals surface area contributed by atoms with Crippen molar-refractivity contribution >= 4 is 17.5 Å². The molecule has 0 aliphatic carbocycles. The molecular weight excluding hydrogens is 323 g/mol. The summed E-state index contributed by atoms with van der Waals surface area (Å²) in [6.07, 6.45) is 0. The number of imide groups is 1. The van der Waals surface area contributed by atoms with Crippen LogP contribution in [0.1, 0.15) is 11.1 Å². The summed E-state index contributed by atoms with van der Waals surface area (Å²) in [4.78, 5) is 26.6. The Hall–Kier alpha value is -3.09. The number of hydrogen-bond acceptors (Lipinski definition) is 5. The summed E-state index contributed by atoms with van der Waals surface area (Å²) < 4.78 is 13.0. The predicted molar refractivity (Wildman–Crippen MR) is 88.0 cm³/mol. The summed E-state index contributed by atoms with van der Waals surface area (Å²) in [5, 5.41) is 9.45. The van der Waals surface area contributed by atoms with Crippen LogP contribution in [-0.2, 0) is 16.1 Å². The minimum atomic E-state index is -0.825. The van der Waals surface area contributed by atoms with Gasteiger partial charge in [-0.05, 0) is 36.8 Å². The lowest BCUT2D eigenvalue weighted by Gasteiger charge is -2.20. The molecule has 2 aromatic rings. The topological polar surface area (TPSA) is 65.3 Å². The molecule has 1 saturated heterocycles. The molecule has 2 amide bonds. The fourth-order valence-electron chi connectivity index (χ4n) is 3.08. The molecule has 0 spiro atoms. The van der Waals surface area contributed by atoms with Crippen LogP contribution in [0.2, 0.25) is 0 Å². The summed E-state index contributed by atoms with van der Waals surface area (Å²) in [5.41, 5.74) is 2.36. The number of halogens is 1. The van der Waals surface area contributed by atoms with Gasteiger partial charge >= 0.3 is 0 Å². The third-order valence-corrected chi connectivity index (χ3v) is 4.41. The molecule has 2 atom stereocenters. The Morgan fingerprint density at radius 3 is 2.36 bits per heavy atom. The summed E-state index contributed by atoms with van der Waals surface area (Å²) in [5.74, 6) is -1.04. The maximum absolute atomic E-state index is 13.0. The van der Waals surface area contributed by atoms with Crippen LogP contribution >= 0.6 is 0 Å². The van der Waals surface area contributed by atoms with Crippen molar-refractivity contribution in [2.24, 2.45) is 10.3 Å². The van der Waals surface area contributed by atoms with E-state index >= 15 is 0 Å². The van der Waals surface area contributed by atoms with E-state index in [9.17, 15) is 14.0 Å². The molecule has 0 aromatic heterocycles. The van der Waals surface area contributed by atoms with E-state index in [4.69, 9.17) is 0 Å². The van der Waals surface area contributed by atoms with E-state index in [0.717, 1.165) is 11.1 Å². The lowest BCUT2D eigenvalue weighted by Crippen LogP contribution is -2.39. The zero-order valence-electron chi connectivity index (χ0n) is 13.5. The van der Waals surface area contributed by atoms with Crippen LogP contribution < -0.4 is 4.90 Å². The number of benzene rings is 2. The fourth-order valence-corrected chi connectivity index (χ4v) is 3.08. The maximum Gasteiger partial charge on any atom is 0.263 e. The average molecular weight is 338 g/mol. The van der Waals surface area contributed by atoms with Crippen LogP contribution in [-0.4, -0.2) is 28.9 Å². The molecule has 0 saturated carbocycles. The van der Waals surface area contributed by atoms with Gasteiger partial charge in [-0.2, -0.15) is 5.11 Å². The normalized spacial score (nSPS) is 22.0. The molecule has 126 valence electrons. The molecule has 1 fully saturated rings. The van der Waals surface area contributed by atoms with E-state index in [-0.39, 0.29) is 24.2 Å². The predicted octanol–water partition coefficient (Wildman–Crippen LogP) is 2.63. The molecule has 6 nitrogen and oxygen atoms in total. The van der Waals surface area contributed by atoms with Crippen LogP contribution in [0.3, 0.4) is 0 Å². The van der Waals surface area contributed by atoms with Gasteiger partial charge in [-0.25, -0.2) is 9.29 Å². The highest BCUT2D eigenvalue weighted by atomic mass is 19.1. The van der Waals surface area contributed by atoms with Gasteiger partial charge in [0.25, 0.3) is 11.8 Å². The van der Waals surface area contributed by atoms with E-state index in [0.29, 0.717) is 5.69 Å². The van der Waals surface area contributed by atoms with E-state index in [1.165, 1.54) is 22.0 Å². The van der Waals surface area contributed by atoms with Crippen LogP contribution in [0.4, 0.5) is 10.1 Å². The monoisotopic (exact) mass is 338 g/mol. The SMILES string of the molecule is Cc1ccc(N2C(=O)[C@@H]3N=NN(Cc4ccc(F)cc4)[C@H]3C2=O)cc1. The van der Waals surface area contributed by atoms with Crippen molar-refractivity contribution in [1.29, 1.82) is 0 Å². The Morgan fingerprint density at radius 2 is 1.68 bits per heavy atom. The Morgan fingerprint density at radius 1 is 1.00 bits per heavy atom. The zero-order valence-corrected chi connectivity index (χ0v) is 13.5. The molecular formula is C18H15FN4O2. The van der Waals surface area contributed by atoms with E-state index in [1.54, 1.807) is 24.3 Å². The van der Waals surface area contributed by atoms with Crippen LogP contribution in [0.5, 0.6) is 0 Å². The lowest BCUT2D eigenvalue weighted by molar-refractivity contribution is -0.123. The largest absolute Gasteiger partial charge is 0.271 e. The highest BCUT2D eigenvalue weighted by molar-refractivity contribution is 6.25. The van der Waals surface area contributed by atoms with E-state index in [1.807, 2.05) is 19.1 Å². The van der Waals surface area contributed by atoms with E-state index < -0.39 is 12.1 Å². The first-order valence-electron chi connectivity index (χ1n) is 7.91. The number of amides is 2. The Kier molecular flexibility index (Phi) is 3.56. The number of nitrogens with zero attached hydrogens (tertiary/aromatic N) is 4. The number of aryl methyl sites for hydroxylation is 1. The second-order valence-corrected chi connectivity index (χ2v) is 6.17. The minimum Gasteiger partial charge on any atom is -0.271 e. The van der Waals surface area contributed by atoms with Gasteiger partial charge in [-0.15, -0.1) is 0 Å². The quantitative estimate of drug-likeness (QED) is 0.808. The first-order chi connectivity index (χ1) is 12.0. The van der Waals surface area contributed by atoms with Gasteiger partial charge in [-0.3, -0.25) is 14.6 Å². The van der Waals surface area contributed by atoms with Crippen molar-refractivity contribution in [1.82, 2.24) is 5.01 Å². The summed E-state index contributed by atoms with van der Waals surface area (Å²) in [7, 11) is 0. The Bertz CT molecular complexity index is 864. The second kappa shape index (κ2) is 5.77. The number of hydrogen-bond donors (Lipinski definition) is 0. The van der Waals surface area contributed by atoms with Crippen molar-refractivity contribution in [3.63, 3.8) is 0 Å². The fraction of sp³-hybridized carbons (Fsp3) is 0.222. The van der Waals surface area contributed by atoms with Crippen molar-refractivity contribution in [2.75, 3.05) is 4.90 Å². The molecule has 2 heterocycles. The number of anilines is 1. The van der Waals surface area contributed by atoms with Crippen LogP contribution in [0, 0.1) is 12.7 Å². The van der Waals surface area contributed by atoms with Gasteiger partial charge in [0.1, 0.15) is 5.82 Å². The number of rotatable bonds is 3. The van der Waals surface area contributed by atoms with Gasteiger partial charge in [0.2, 0.25) is 0 Å². The molecule has 0 bridgehead atoms. The number of carbonyl (C=O) groups excluding carboxylic acids is 2. The molecule has 25 heavy (non-hydrogen) atoms. The van der Waals surface area contributed by atoms with Crippen molar-refractivity contribution in [2.45, 2.75) is 25.6 Å². The van der Waals surface area contributed by atoms with Gasteiger partial charge in [-0.1, -0.05) is 35.1 Å². The zero-order chi connectivity index (χ0) is 17.6. The summed E-state index contributed by atoms with van der Waals surface area (Å²) >= 11 is 0. The first-order valence-corrected chi connectivity index (χ1v) is 7.91. The lowest BCUT2D eigenvalue weighted by atomic mass is 10.1. The van der Waals surface area contributed by atoms with Crippen molar-refractivity contribution < 1.29 is 14.0 Å². The third kappa shape index (κ3) is 2.57. The highest BCUT2D eigenvalue weighted by Crippen LogP contribution is 2.32. The van der Waals surface area contributed by atoms with Crippen LogP contribution in [0.25, 0.3) is 0 Å². The van der Waals surface area contributed by atoms with Gasteiger partial charge in [0.15, 0.2) is 12.1 Å². The first kappa shape index (κ1) is 15.4. The molecule has 7 heteroatoms. The van der Waals surface area contributed by atoms with Crippen molar-refractivity contribution in [3.8, 4) is 0 Å². The molecule has 0 unspecified atom stereocenters. The van der Waals surface area contributed by atoms with Gasteiger partial charge in [0.05, 0.1) is 12.2 Å². The Labute approximate surface area is 143 Å². The summed E-state index contributed by atoms with van der Waals surface area (Å²) in [6.45, 7) is 2.22. The highest BCUT2D eigenvalue weighted by Gasteiger charge is 2.54. The standard InChI is InChI=1S/C18H15FN4O2/c1-11-2-8-14(9-3-11)23-17(24)15-16(18(23)25)22(21-20-15)10-12-4-6-13(19)7-5-12/h2-9,15-16H,10H2,1H3/t15-,16-/m1/s1. The van der Waals surface area contributed by atoms with Gasteiger partial charge < -0.3 is 0 Å². The number of carbonyl (C=O) groups is 2. The van der Waals surface area contributed by atoms with Crippen molar-refractivity contribution in [3.05, 3.63) is 65.5 Å². The summed E-state index contributed by atoms with van der Waals surface area (Å²) in [6, 6.07) is 11.5. The average Bonchev–Trinajstić information content (AvgIpc) is 3.12. The van der Waals surface area contributed by atoms with Crippen LogP contribution in [0.15, 0.2) is 58.9 Å². The van der Waals surface area contributed by atoms with Gasteiger partial charge in [0, 0.05) is 0 Å². The Balaban J connectivity index is 1.59. The molecule has 4 rings (SSSR count). The maximum atomic E-state index is 13.0. The molecule has 0 N–H and O–H groups in total. The molecule has 2 aliphatic heterocycles.